The molecule has 1 saturated heterocycles. The molecule has 0 aromatic heterocycles. The second kappa shape index (κ2) is 9.70. The summed E-state index contributed by atoms with van der Waals surface area (Å²) < 4.78 is 6.18. The van der Waals surface area contributed by atoms with E-state index >= 15 is 0 Å². The van der Waals surface area contributed by atoms with Gasteiger partial charge in [-0.3, -0.25) is 9.59 Å². The molecule has 1 aliphatic carbocycles. The minimum absolute atomic E-state index is 0.221. The van der Waals surface area contributed by atoms with Crippen LogP contribution in [0.5, 0.6) is 0 Å². The summed E-state index contributed by atoms with van der Waals surface area (Å²) in [5, 5.41) is 2.72. The Labute approximate surface area is 161 Å². The highest BCUT2D eigenvalue weighted by Gasteiger charge is 2.26. The van der Waals surface area contributed by atoms with E-state index in [0.717, 1.165) is 37.2 Å². The van der Waals surface area contributed by atoms with Gasteiger partial charge in [-0.15, -0.1) is 0 Å². The highest BCUT2D eigenvalue weighted by molar-refractivity contribution is 5.98. The fraction of sp³-hybridized carbons (Fsp3) is 0.545. The number of nitrogens with zero attached hydrogens (tertiary/aromatic N) is 1. The Morgan fingerprint density at radius 1 is 1.07 bits per heavy atom. The molecule has 27 heavy (non-hydrogen) atoms. The molecule has 146 valence electrons. The van der Waals surface area contributed by atoms with Crippen LogP contribution in [0.4, 0.5) is 5.69 Å². The van der Waals surface area contributed by atoms with Crippen molar-refractivity contribution in [3.8, 4) is 0 Å². The summed E-state index contributed by atoms with van der Waals surface area (Å²) in [6.07, 6.45) is 10.2. The molecule has 1 aliphatic heterocycles. The van der Waals surface area contributed by atoms with Crippen LogP contribution in [0.15, 0.2) is 36.9 Å². The predicted molar refractivity (Wildman–Crippen MR) is 107 cm³/mol. The van der Waals surface area contributed by atoms with E-state index in [9.17, 15) is 9.59 Å². The van der Waals surface area contributed by atoms with Crippen molar-refractivity contribution in [3.05, 3.63) is 42.5 Å². The molecule has 1 heterocycles. The third-order valence-corrected chi connectivity index (χ3v) is 5.52. The Morgan fingerprint density at radius 3 is 2.33 bits per heavy atom. The Morgan fingerprint density at radius 2 is 1.70 bits per heavy atom. The lowest BCUT2D eigenvalue weighted by molar-refractivity contribution is -0.134. The molecule has 0 radical (unpaired) electrons. The molecular weight excluding hydrogens is 340 g/mol. The van der Waals surface area contributed by atoms with E-state index in [1.165, 1.54) is 31.8 Å². The highest BCUT2D eigenvalue weighted by Crippen LogP contribution is 2.25. The molecule has 2 aliphatic rings. The number of hydrogen-bond donors (Lipinski definition) is 1. The second-order valence-corrected chi connectivity index (χ2v) is 7.51. The van der Waals surface area contributed by atoms with Gasteiger partial charge in [0.25, 0.3) is 0 Å². The van der Waals surface area contributed by atoms with E-state index in [-0.39, 0.29) is 11.8 Å². The van der Waals surface area contributed by atoms with Gasteiger partial charge in [-0.2, -0.15) is 0 Å². The number of hydrogen-bond acceptors (Lipinski definition) is 3. The third kappa shape index (κ3) is 5.93. The van der Waals surface area contributed by atoms with Crippen LogP contribution in [0, 0.1) is 0 Å². The zero-order chi connectivity index (χ0) is 19.1. The third-order valence-electron chi connectivity index (χ3n) is 5.52. The Hall–Kier alpha value is -2.14. The highest BCUT2D eigenvalue weighted by atomic mass is 16.5. The van der Waals surface area contributed by atoms with Crippen LogP contribution in [0.1, 0.15) is 50.5 Å². The maximum absolute atomic E-state index is 12.5. The molecule has 5 nitrogen and oxygen atoms in total. The zero-order valence-corrected chi connectivity index (χ0v) is 16.0. The van der Waals surface area contributed by atoms with Gasteiger partial charge in [0.2, 0.25) is 11.8 Å². The minimum Gasteiger partial charge on any atom is -0.375 e. The average molecular weight is 370 g/mol. The van der Waals surface area contributed by atoms with Gasteiger partial charge < -0.3 is 15.0 Å². The predicted octanol–water partition coefficient (Wildman–Crippen LogP) is 3.69. The van der Waals surface area contributed by atoms with Crippen LogP contribution in [-0.4, -0.2) is 42.0 Å². The summed E-state index contributed by atoms with van der Waals surface area (Å²) in [5.41, 5.74) is 1.83. The normalized spacial score (nSPS) is 18.4. The molecule has 1 N–H and O–H groups in total. The number of likely N-dealkylation sites (tertiary alicyclic amines) is 1. The van der Waals surface area contributed by atoms with Crippen LogP contribution in [-0.2, 0) is 20.7 Å². The summed E-state index contributed by atoms with van der Waals surface area (Å²) in [4.78, 5) is 25.8. The topological polar surface area (TPSA) is 58.6 Å². The molecule has 0 spiro atoms. The monoisotopic (exact) mass is 370 g/mol. The van der Waals surface area contributed by atoms with E-state index in [1.807, 2.05) is 29.2 Å². The summed E-state index contributed by atoms with van der Waals surface area (Å²) in [5.74, 6) is -0.00315. The fourth-order valence-corrected chi connectivity index (χ4v) is 3.90. The number of carbonyl (C=O) groups excluding carboxylic acids is 2. The molecular formula is C22H30N2O3. The van der Waals surface area contributed by atoms with Gasteiger partial charge >= 0.3 is 0 Å². The van der Waals surface area contributed by atoms with Crippen LogP contribution >= 0.6 is 0 Å². The first-order valence-electron chi connectivity index (χ1n) is 10.1. The maximum Gasteiger partial charge on any atom is 0.247 e. The van der Waals surface area contributed by atoms with Gasteiger partial charge in [0, 0.05) is 25.2 Å². The summed E-state index contributed by atoms with van der Waals surface area (Å²) in [6.45, 7) is 5.05. The summed E-state index contributed by atoms with van der Waals surface area (Å²) in [6, 6.07) is 7.61. The number of benzene rings is 1. The van der Waals surface area contributed by atoms with Crippen molar-refractivity contribution in [2.75, 3.05) is 18.4 Å². The average Bonchev–Trinajstić information content (AvgIpc) is 3.20. The number of aryl methyl sites for hydroxylation is 1. The van der Waals surface area contributed by atoms with Crippen molar-refractivity contribution >= 4 is 17.5 Å². The molecule has 1 aromatic rings. The second-order valence-electron chi connectivity index (χ2n) is 7.51. The first kappa shape index (κ1) is 19.6. The minimum atomic E-state index is -0.224. The lowest BCUT2D eigenvalue weighted by Crippen LogP contribution is -2.41. The first-order chi connectivity index (χ1) is 13.1. The van der Waals surface area contributed by atoms with E-state index in [2.05, 4.69) is 11.9 Å². The van der Waals surface area contributed by atoms with Crippen LogP contribution < -0.4 is 5.32 Å². The number of anilines is 1. The van der Waals surface area contributed by atoms with Crippen molar-refractivity contribution in [1.82, 2.24) is 4.90 Å². The van der Waals surface area contributed by atoms with Crippen molar-refractivity contribution in [2.45, 2.75) is 63.6 Å². The fourth-order valence-electron chi connectivity index (χ4n) is 3.90. The number of ether oxygens (including phenoxy) is 1. The Bertz CT molecular complexity index is 642. The van der Waals surface area contributed by atoms with E-state index < -0.39 is 0 Å². The van der Waals surface area contributed by atoms with Gasteiger partial charge in [0.05, 0.1) is 12.2 Å². The SMILES string of the molecule is C=CC(=O)Nc1ccc(CCC(=O)N2CCC(OC3CCCC3)CC2)cc1. The number of rotatable bonds is 7. The van der Waals surface area contributed by atoms with Crippen LogP contribution in [0.25, 0.3) is 0 Å². The van der Waals surface area contributed by atoms with E-state index in [4.69, 9.17) is 4.74 Å². The van der Waals surface area contributed by atoms with Gasteiger partial charge in [0.1, 0.15) is 0 Å². The molecule has 0 bridgehead atoms. The van der Waals surface area contributed by atoms with Crippen molar-refractivity contribution in [1.29, 1.82) is 0 Å². The maximum atomic E-state index is 12.5. The van der Waals surface area contributed by atoms with Crippen LogP contribution in [0.3, 0.4) is 0 Å². The van der Waals surface area contributed by atoms with Gasteiger partial charge in [0.15, 0.2) is 0 Å². The van der Waals surface area contributed by atoms with Gasteiger partial charge in [-0.25, -0.2) is 0 Å². The van der Waals surface area contributed by atoms with Gasteiger partial charge in [-0.05, 0) is 55.9 Å². The van der Waals surface area contributed by atoms with Gasteiger partial charge in [-0.1, -0.05) is 31.6 Å². The van der Waals surface area contributed by atoms with E-state index in [1.54, 1.807) is 0 Å². The molecule has 2 amide bonds. The standard InChI is InChI=1S/C22H30N2O3/c1-2-21(25)23-18-10-7-17(8-11-18)9-12-22(26)24-15-13-20(14-16-24)27-19-5-3-4-6-19/h2,7-8,10-11,19-20H,1,3-6,9,12-16H2,(H,23,25). The summed E-state index contributed by atoms with van der Waals surface area (Å²) >= 11 is 0. The van der Waals surface area contributed by atoms with Crippen molar-refractivity contribution in [3.63, 3.8) is 0 Å². The number of carbonyl (C=O) groups is 2. The smallest absolute Gasteiger partial charge is 0.247 e. The molecule has 2 fully saturated rings. The summed E-state index contributed by atoms with van der Waals surface area (Å²) in [7, 11) is 0. The number of nitrogens with one attached hydrogen (secondary N) is 1. The van der Waals surface area contributed by atoms with Crippen molar-refractivity contribution < 1.29 is 14.3 Å². The molecule has 1 aromatic carbocycles. The van der Waals surface area contributed by atoms with Crippen molar-refractivity contribution in [2.24, 2.45) is 0 Å². The van der Waals surface area contributed by atoms with E-state index in [0.29, 0.717) is 25.0 Å². The largest absolute Gasteiger partial charge is 0.375 e. The quantitative estimate of drug-likeness (QED) is 0.745. The molecule has 0 atom stereocenters. The Balaban J connectivity index is 1.38. The molecule has 3 rings (SSSR count). The number of amides is 2. The van der Waals surface area contributed by atoms with Crippen LogP contribution in [0.2, 0.25) is 0 Å². The lowest BCUT2D eigenvalue weighted by Gasteiger charge is -2.33. The zero-order valence-electron chi connectivity index (χ0n) is 16.0. The Kier molecular flexibility index (Phi) is 7.04. The molecule has 0 unspecified atom stereocenters. The first-order valence-corrected chi connectivity index (χ1v) is 10.1. The lowest BCUT2D eigenvalue weighted by atomic mass is 10.0. The number of piperidine rings is 1. The molecule has 1 saturated carbocycles. The molecule has 5 heteroatoms.